The Labute approximate surface area is 105 Å². The molecule has 0 aliphatic carbocycles. The van der Waals surface area contributed by atoms with Gasteiger partial charge in [0.05, 0.1) is 12.7 Å². The zero-order valence-corrected chi connectivity index (χ0v) is 11.1. The van der Waals surface area contributed by atoms with Crippen molar-refractivity contribution in [3.8, 4) is 0 Å². The zero-order chi connectivity index (χ0) is 12.1. The summed E-state index contributed by atoms with van der Waals surface area (Å²) in [5, 5.41) is 0. The first kappa shape index (κ1) is 13.3. The molecule has 0 aromatic carbocycles. The van der Waals surface area contributed by atoms with E-state index in [9.17, 15) is 0 Å². The number of piperidine rings is 1. The zero-order valence-electron chi connectivity index (χ0n) is 11.1. The molecule has 100 valence electrons. The maximum Gasteiger partial charge on any atom is 0.0850 e. The lowest BCUT2D eigenvalue weighted by Crippen LogP contribution is -2.51. The molecule has 4 nitrogen and oxygen atoms in total. The summed E-state index contributed by atoms with van der Waals surface area (Å²) in [5.74, 6) is 0. The Hall–Kier alpha value is -0.160. The Morgan fingerprint density at radius 3 is 2.53 bits per heavy atom. The Kier molecular flexibility index (Phi) is 5.22. The summed E-state index contributed by atoms with van der Waals surface area (Å²) in [6, 6.07) is 0.146. The van der Waals surface area contributed by atoms with Crippen molar-refractivity contribution in [1.82, 2.24) is 9.80 Å². The maximum atomic E-state index is 5.91. The number of nitrogens with zero attached hydrogens (tertiary/aromatic N) is 2. The molecular formula is C13H27N3O. The van der Waals surface area contributed by atoms with Crippen molar-refractivity contribution < 1.29 is 4.74 Å². The molecular weight excluding hydrogens is 214 g/mol. The van der Waals surface area contributed by atoms with Crippen LogP contribution in [-0.2, 0) is 4.74 Å². The van der Waals surface area contributed by atoms with E-state index in [1.165, 1.54) is 45.4 Å². The number of hydrogen-bond donors (Lipinski definition) is 1. The van der Waals surface area contributed by atoms with Crippen molar-refractivity contribution in [2.45, 2.75) is 38.3 Å². The van der Waals surface area contributed by atoms with Gasteiger partial charge in [0.25, 0.3) is 0 Å². The SMILES string of the molecule is CC(N)C1CN(CCN2CCCCC2)CCO1. The smallest absolute Gasteiger partial charge is 0.0850 e. The van der Waals surface area contributed by atoms with E-state index in [1.807, 2.05) is 6.92 Å². The topological polar surface area (TPSA) is 41.7 Å². The maximum absolute atomic E-state index is 5.91. The monoisotopic (exact) mass is 241 g/mol. The van der Waals surface area contributed by atoms with Crippen LogP contribution in [0.5, 0.6) is 0 Å². The molecule has 0 bridgehead atoms. The lowest BCUT2D eigenvalue weighted by molar-refractivity contribution is -0.0398. The third kappa shape index (κ3) is 4.21. The van der Waals surface area contributed by atoms with Crippen molar-refractivity contribution >= 4 is 0 Å². The first-order chi connectivity index (χ1) is 8.25. The number of ether oxygens (including phenoxy) is 1. The van der Waals surface area contributed by atoms with Gasteiger partial charge in [0.2, 0.25) is 0 Å². The minimum Gasteiger partial charge on any atom is -0.374 e. The minimum absolute atomic E-state index is 0.146. The standard InChI is InChI=1S/C13H27N3O/c1-12(14)13-11-16(9-10-17-13)8-7-15-5-3-2-4-6-15/h12-13H,2-11,14H2,1H3. The van der Waals surface area contributed by atoms with E-state index >= 15 is 0 Å². The molecule has 0 radical (unpaired) electrons. The average Bonchev–Trinajstić information content (AvgIpc) is 2.38. The van der Waals surface area contributed by atoms with Gasteiger partial charge in [-0.05, 0) is 32.9 Å². The van der Waals surface area contributed by atoms with Crippen LogP contribution < -0.4 is 5.73 Å². The summed E-state index contributed by atoms with van der Waals surface area (Å²) in [6.45, 7) is 9.92. The highest BCUT2D eigenvalue weighted by atomic mass is 16.5. The van der Waals surface area contributed by atoms with Gasteiger partial charge >= 0.3 is 0 Å². The van der Waals surface area contributed by atoms with E-state index < -0.39 is 0 Å². The fourth-order valence-electron chi connectivity index (χ4n) is 2.72. The largest absolute Gasteiger partial charge is 0.374 e. The molecule has 17 heavy (non-hydrogen) atoms. The molecule has 2 aliphatic rings. The summed E-state index contributed by atoms with van der Waals surface area (Å²) in [4.78, 5) is 5.10. The van der Waals surface area contributed by atoms with Gasteiger partial charge in [0, 0.05) is 32.2 Å². The summed E-state index contributed by atoms with van der Waals surface area (Å²) < 4.78 is 5.68. The van der Waals surface area contributed by atoms with Gasteiger partial charge in [0.15, 0.2) is 0 Å². The van der Waals surface area contributed by atoms with E-state index in [-0.39, 0.29) is 12.1 Å². The number of nitrogens with two attached hydrogens (primary N) is 1. The van der Waals surface area contributed by atoms with Crippen molar-refractivity contribution in [3.05, 3.63) is 0 Å². The second-order valence-corrected chi connectivity index (χ2v) is 5.47. The highest BCUT2D eigenvalue weighted by Crippen LogP contribution is 2.10. The highest BCUT2D eigenvalue weighted by Gasteiger charge is 2.23. The summed E-state index contributed by atoms with van der Waals surface area (Å²) in [5.41, 5.74) is 5.91. The predicted octanol–water partition coefficient (Wildman–Crippen LogP) is 0.520. The van der Waals surface area contributed by atoms with Crippen LogP contribution in [0.2, 0.25) is 0 Å². The molecule has 2 saturated heterocycles. The summed E-state index contributed by atoms with van der Waals surface area (Å²) >= 11 is 0. The van der Waals surface area contributed by atoms with E-state index in [0.29, 0.717) is 0 Å². The van der Waals surface area contributed by atoms with Gasteiger partial charge in [0.1, 0.15) is 0 Å². The van der Waals surface area contributed by atoms with Crippen LogP contribution in [0.15, 0.2) is 0 Å². The molecule has 2 aliphatic heterocycles. The Morgan fingerprint density at radius 1 is 1.12 bits per heavy atom. The van der Waals surface area contributed by atoms with E-state index in [0.717, 1.165) is 19.7 Å². The van der Waals surface area contributed by atoms with Crippen LogP contribution in [0, 0.1) is 0 Å². The Balaban J connectivity index is 1.67. The quantitative estimate of drug-likeness (QED) is 0.779. The fraction of sp³-hybridized carbons (Fsp3) is 1.00. The molecule has 2 heterocycles. The lowest BCUT2D eigenvalue weighted by Gasteiger charge is -2.36. The Bertz CT molecular complexity index is 217. The molecule has 2 rings (SSSR count). The van der Waals surface area contributed by atoms with Gasteiger partial charge in [-0.2, -0.15) is 0 Å². The van der Waals surface area contributed by atoms with E-state index in [4.69, 9.17) is 10.5 Å². The van der Waals surface area contributed by atoms with Crippen LogP contribution in [0.25, 0.3) is 0 Å². The number of rotatable bonds is 4. The van der Waals surface area contributed by atoms with Crippen LogP contribution in [-0.4, -0.2) is 67.8 Å². The third-order valence-corrected chi connectivity index (χ3v) is 3.95. The number of likely N-dealkylation sites (tertiary alicyclic amines) is 1. The summed E-state index contributed by atoms with van der Waals surface area (Å²) in [7, 11) is 0. The normalized spacial score (nSPS) is 30.4. The van der Waals surface area contributed by atoms with Crippen LogP contribution in [0.1, 0.15) is 26.2 Å². The van der Waals surface area contributed by atoms with Crippen LogP contribution in [0.3, 0.4) is 0 Å². The van der Waals surface area contributed by atoms with Crippen LogP contribution in [0.4, 0.5) is 0 Å². The molecule has 2 unspecified atom stereocenters. The van der Waals surface area contributed by atoms with E-state index in [1.54, 1.807) is 0 Å². The lowest BCUT2D eigenvalue weighted by atomic mass is 10.1. The van der Waals surface area contributed by atoms with Gasteiger partial charge in [-0.1, -0.05) is 6.42 Å². The molecule has 0 aromatic heterocycles. The molecule has 0 aromatic rings. The molecule has 4 heteroatoms. The first-order valence-corrected chi connectivity index (χ1v) is 7.07. The number of morpholine rings is 1. The summed E-state index contributed by atoms with van der Waals surface area (Å²) in [6.07, 6.45) is 4.41. The highest BCUT2D eigenvalue weighted by molar-refractivity contribution is 4.78. The predicted molar refractivity (Wildman–Crippen MR) is 70.1 cm³/mol. The molecule has 0 spiro atoms. The van der Waals surface area contributed by atoms with Crippen LogP contribution >= 0.6 is 0 Å². The van der Waals surface area contributed by atoms with Gasteiger partial charge in [-0.25, -0.2) is 0 Å². The van der Waals surface area contributed by atoms with Gasteiger partial charge in [-0.15, -0.1) is 0 Å². The van der Waals surface area contributed by atoms with Gasteiger partial charge < -0.3 is 15.4 Å². The second kappa shape index (κ2) is 6.69. The van der Waals surface area contributed by atoms with Gasteiger partial charge in [-0.3, -0.25) is 4.90 Å². The molecule has 2 atom stereocenters. The minimum atomic E-state index is 0.146. The Morgan fingerprint density at radius 2 is 1.82 bits per heavy atom. The molecule has 0 amide bonds. The molecule has 0 saturated carbocycles. The molecule has 2 N–H and O–H groups in total. The molecule has 2 fully saturated rings. The van der Waals surface area contributed by atoms with Crippen molar-refractivity contribution in [1.29, 1.82) is 0 Å². The third-order valence-electron chi connectivity index (χ3n) is 3.95. The fourth-order valence-corrected chi connectivity index (χ4v) is 2.72. The number of hydrogen-bond acceptors (Lipinski definition) is 4. The average molecular weight is 241 g/mol. The second-order valence-electron chi connectivity index (χ2n) is 5.47. The van der Waals surface area contributed by atoms with Crippen molar-refractivity contribution in [2.24, 2.45) is 5.73 Å². The van der Waals surface area contributed by atoms with Crippen molar-refractivity contribution in [2.75, 3.05) is 45.9 Å². The first-order valence-electron chi connectivity index (χ1n) is 7.07. The van der Waals surface area contributed by atoms with Crippen molar-refractivity contribution in [3.63, 3.8) is 0 Å². The van der Waals surface area contributed by atoms with E-state index in [2.05, 4.69) is 9.80 Å².